The van der Waals surface area contributed by atoms with Crippen LogP contribution >= 0.6 is 0 Å². The van der Waals surface area contributed by atoms with Gasteiger partial charge in [0.25, 0.3) is 0 Å². The van der Waals surface area contributed by atoms with E-state index in [1.165, 1.54) is 0 Å². The number of carbonyl (C=O) groups is 1. The van der Waals surface area contributed by atoms with Gasteiger partial charge in [-0.1, -0.05) is 18.2 Å². The standard InChI is InChI=1S/C15H22N4O2/c1-2-16-15(17-8-9-20)18-12-10-14(21)19(11-12)13-6-4-3-5-7-13/h3-7,12,20H,2,8-11H2,1H3,(H2,16,17,18). The van der Waals surface area contributed by atoms with E-state index in [9.17, 15) is 4.79 Å². The van der Waals surface area contributed by atoms with Gasteiger partial charge >= 0.3 is 0 Å². The Labute approximate surface area is 124 Å². The van der Waals surface area contributed by atoms with Crippen LogP contribution in [-0.2, 0) is 4.79 Å². The van der Waals surface area contributed by atoms with E-state index >= 15 is 0 Å². The van der Waals surface area contributed by atoms with E-state index in [1.54, 1.807) is 4.90 Å². The summed E-state index contributed by atoms with van der Waals surface area (Å²) in [6.07, 6.45) is 0.443. The molecule has 0 radical (unpaired) electrons. The predicted molar refractivity (Wildman–Crippen MR) is 83.4 cm³/mol. The van der Waals surface area contributed by atoms with Gasteiger partial charge in [-0.05, 0) is 19.1 Å². The molecule has 1 saturated heterocycles. The molecule has 6 nitrogen and oxygen atoms in total. The second kappa shape index (κ2) is 7.64. The van der Waals surface area contributed by atoms with Crippen LogP contribution in [0.1, 0.15) is 13.3 Å². The van der Waals surface area contributed by atoms with Crippen LogP contribution in [0.5, 0.6) is 0 Å². The van der Waals surface area contributed by atoms with E-state index in [2.05, 4.69) is 15.6 Å². The van der Waals surface area contributed by atoms with Crippen LogP contribution in [0, 0.1) is 0 Å². The normalized spacial score (nSPS) is 19.0. The molecule has 1 aromatic carbocycles. The Morgan fingerprint density at radius 1 is 1.43 bits per heavy atom. The Kier molecular flexibility index (Phi) is 5.57. The molecule has 1 unspecified atom stereocenters. The van der Waals surface area contributed by atoms with Crippen molar-refractivity contribution >= 4 is 17.6 Å². The summed E-state index contributed by atoms with van der Waals surface area (Å²) < 4.78 is 0. The minimum absolute atomic E-state index is 0.0102. The molecule has 1 aliphatic rings. The lowest BCUT2D eigenvalue weighted by atomic mass is 10.2. The lowest BCUT2D eigenvalue weighted by Crippen LogP contribution is -2.44. The summed E-state index contributed by atoms with van der Waals surface area (Å²) >= 11 is 0. The molecule has 0 spiro atoms. The van der Waals surface area contributed by atoms with Crippen molar-refractivity contribution in [3.63, 3.8) is 0 Å². The summed E-state index contributed by atoms with van der Waals surface area (Å²) in [7, 11) is 0. The summed E-state index contributed by atoms with van der Waals surface area (Å²) in [4.78, 5) is 18.1. The van der Waals surface area contributed by atoms with Crippen molar-refractivity contribution in [2.75, 3.05) is 31.1 Å². The highest BCUT2D eigenvalue weighted by atomic mass is 16.3. The maximum atomic E-state index is 12.1. The van der Waals surface area contributed by atoms with Gasteiger partial charge in [-0.25, -0.2) is 0 Å². The van der Waals surface area contributed by atoms with E-state index in [-0.39, 0.29) is 18.6 Å². The first kappa shape index (κ1) is 15.3. The van der Waals surface area contributed by atoms with Gasteiger partial charge in [0, 0.05) is 25.2 Å². The van der Waals surface area contributed by atoms with Crippen molar-refractivity contribution < 1.29 is 9.90 Å². The maximum absolute atomic E-state index is 12.1. The molecule has 1 aromatic rings. The Morgan fingerprint density at radius 3 is 2.86 bits per heavy atom. The molecule has 114 valence electrons. The van der Waals surface area contributed by atoms with Crippen molar-refractivity contribution in [3.8, 4) is 0 Å². The van der Waals surface area contributed by atoms with Crippen LogP contribution in [0.15, 0.2) is 35.3 Å². The number of carbonyl (C=O) groups excluding carboxylic acids is 1. The molecule has 0 aromatic heterocycles. The predicted octanol–water partition coefficient (Wildman–Crippen LogP) is 0.339. The number of aliphatic imine (C=N–C) groups is 1. The lowest BCUT2D eigenvalue weighted by Gasteiger charge is -2.18. The minimum atomic E-state index is 0.0102. The van der Waals surface area contributed by atoms with Crippen LogP contribution in [0.2, 0.25) is 0 Å². The number of aliphatic hydroxyl groups is 1. The van der Waals surface area contributed by atoms with Crippen LogP contribution in [0.4, 0.5) is 5.69 Å². The third-order valence-corrected chi connectivity index (χ3v) is 3.25. The van der Waals surface area contributed by atoms with E-state index in [1.807, 2.05) is 37.3 Å². The molecular weight excluding hydrogens is 268 g/mol. The van der Waals surface area contributed by atoms with Crippen molar-refractivity contribution in [1.29, 1.82) is 0 Å². The number of para-hydroxylation sites is 1. The van der Waals surface area contributed by atoms with E-state index in [0.717, 1.165) is 12.2 Å². The first-order valence-electron chi connectivity index (χ1n) is 7.25. The molecule has 1 amide bonds. The van der Waals surface area contributed by atoms with E-state index in [4.69, 9.17) is 5.11 Å². The number of hydrogen-bond donors (Lipinski definition) is 3. The van der Waals surface area contributed by atoms with Crippen molar-refractivity contribution in [2.45, 2.75) is 19.4 Å². The fraction of sp³-hybridized carbons (Fsp3) is 0.467. The number of nitrogens with zero attached hydrogens (tertiary/aromatic N) is 2. The summed E-state index contributed by atoms with van der Waals surface area (Å²) in [6.45, 7) is 3.69. The fourth-order valence-electron chi connectivity index (χ4n) is 2.34. The number of guanidine groups is 1. The zero-order valence-corrected chi connectivity index (χ0v) is 12.2. The van der Waals surface area contributed by atoms with Crippen LogP contribution in [-0.4, -0.2) is 49.3 Å². The van der Waals surface area contributed by atoms with Crippen molar-refractivity contribution in [2.24, 2.45) is 4.99 Å². The highest BCUT2D eigenvalue weighted by Gasteiger charge is 2.30. The monoisotopic (exact) mass is 290 g/mol. The molecule has 6 heteroatoms. The summed E-state index contributed by atoms with van der Waals surface area (Å²) in [6, 6.07) is 9.68. The van der Waals surface area contributed by atoms with Crippen LogP contribution in [0.3, 0.4) is 0 Å². The average molecular weight is 290 g/mol. The van der Waals surface area contributed by atoms with Crippen LogP contribution < -0.4 is 15.5 Å². The van der Waals surface area contributed by atoms with Gasteiger partial charge in [-0.15, -0.1) is 0 Å². The molecule has 1 heterocycles. The molecule has 0 saturated carbocycles. The van der Waals surface area contributed by atoms with Gasteiger partial charge in [-0.3, -0.25) is 9.79 Å². The van der Waals surface area contributed by atoms with Crippen LogP contribution in [0.25, 0.3) is 0 Å². The van der Waals surface area contributed by atoms with Gasteiger partial charge in [0.2, 0.25) is 5.91 Å². The van der Waals surface area contributed by atoms with Gasteiger partial charge in [-0.2, -0.15) is 0 Å². The Hall–Kier alpha value is -2.08. The van der Waals surface area contributed by atoms with E-state index < -0.39 is 0 Å². The molecule has 2 rings (SSSR count). The molecule has 0 bridgehead atoms. The number of benzene rings is 1. The molecule has 21 heavy (non-hydrogen) atoms. The highest BCUT2D eigenvalue weighted by molar-refractivity contribution is 5.97. The second-order valence-electron chi connectivity index (χ2n) is 4.87. The topological polar surface area (TPSA) is 77.0 Å². The van der Waals surface area contributed by atoms with Crippen molar-refractivity contribution in [3.05, 3.63) is 30.3 Å². The fourth-order valence-corrected chi connectivity index (χ4v) is 2.34. The molecule has 0 aliphatic carbocycles. The van der Waals surface area contributed by atoms with Crippen molar-refractivity contribution in [1.82, 2.24) is 10.6 Å². The highest BCUT2D eigenvalue weighted by Crippen LogP contribution is 2.20. The molecule has 3 N–H and O–H groups in total. The summed E-state index contributed by atoms with van der Waals surface area (Å²) in [5, 5.41) is 15.2. The molecule has 1 fully saturated rings. The quantitative estimate of drug-likeness (QED) is 0.540. The third kappa shape index (κ3) is 4.19. The summed E-state index contributed by atoms with van der Waals surface area (Å²) in [5.74, 6) is 0.746. The first-order chi connectivity index (χ1) is 10.2. The number of amides is 1. The lowest BCUT2D eigenvalue weighted by molar-refractivity contribution is -0.117. The Balaban J connectivity index is 1.98. The van der Waals surface area contributed by atoms with Gasteiger partial charge in [0.15, 0.2) is 5.96 Å². The third-order valence-electron chi connectivity index (χ3n) is 3.25. The van der Waals surface area contributed by atoms with E-state index in [0.29, 0.717) is 25.5 Å². The average Bonchev–Trinajstić information content (AvgIpc) is 2.86. The number of nitrogens with one attached hydrogen (secondary N) is 2. The molecule has 1 aliphatic heterocycles. The molecular formula is C15H22N4O2. The first-order valence-corrected chi connectivity index (χ1v) is 7.25. The number of anilines is 1. The minimum Gasteiger partial charge on any atom is -0.394 e. The zero-order chi connectivity index (χ0) is 15.1. The largest absolute Gasteiger partial charge is 0.394 e. The maximum Gasteiger partial charge on any atom is 0.229 e. The molecule has 1 atom stereocenters. The number of rotatable bonds is 5. The smallest absolute Gasteiger partial charge is 0.229 e. The Morgan fingerprint density at radius 2 is 2.19 bits per heavy atom. The summed E-state index contributed by atoms with van der Waals surface area (Å²) in [5.41, 5.74) is 0.920. The SMILES string of the molecule is CCNC(=NCCO)NC1CC(=O)N(c2ccccc2)C1. The van der Waals surface area contributed by atoms with Gasteiger partial charge < -0.3 is 20.6 Å². The number of hydrogen-bond acceptors (Lipinski definition) is 3. The zero-order valence-electron chi connectivity index (χ0n) is 12.2. The van der Waals surface area contributed by atoms with Gasteiger partial charge in [0.05, 0.1) is 19.2 Å². The Bertz CT molecular complexity index is 490. The number of aliphatic hydroxyl groups excluding tert-OH is 1. The van der Waals surface area contributed by atoms with Gasteiger partial charge in [0.1, 0.15) is 0 Å². The second-order valence-corrected chi connectivity index (χ2v) is 4.87.